The Bertz CT molecular complexity index is 347. The highest BCUT2D eigenvalue weighted by molar-refractivity contribution is 5.71. The highest BCUT2D eigenvalue weighted by Gasteiger charge is 2.10. The Balaban J connectivity index is 3.75. The van der Waals surface area contributed by atoms with Crippen LogP contribution in [0, 0.1) is 0 Å². The number of nitrogens with zero attached hydrogens (tertiary/aromatic N) is 1. The molecule has 0 heterocycles. The average molecular weight is 328 g/mol. The number of carboxylic acid groups (broad SMARTS) is 1. The lowest BCUT2D eigenvalue weighted by atomic mass is 10.1. The minimum absolute atomic E-state index is 0.198. The number of carbonyl (C=O) groups excluding carboxylic acids is 1. The molecule has 0 aromatic heterocycles. The molecule has 0 aromatic carbocycles. The van der Waals surface area contributed by atoms with E-state index in [1.807, 2.05) is 6.08 Å². The molecule has 0 rings (SSSR count). The Morgan fingerprint density at radius 1 is 1.04 bits per heavy atom. The van der Waals surface area contributed by atoms with E-state index in [0.29, 0.717) is 25.9 Å². The number of hydrogen-bond acceptors (Lipinski definition) is 3. The van der Waals surface area contributed by atoms with Gasteiger partial charge < -0.3 is 20.8 Å². The van der Waals surface area contributed by atoms with Gasteiger partial charge in [-0.25, -0.2) is 4.79 Å². The number of hydrogen-bond donors (Lipinski definition) is 3. The van der Waals surface area contributed by atoms with Crippen LogP contribution in [0.5, 0.6) is 0 Å². The van der Waals surface area contributed by atoms with Crippen LogP contribution in [0.1, 0.15) is 64.2 Å². The Morgan fingerprint density at radius 3 is 2.26 bits per heavy atom. The number of primary amides is 1. The van der Waals surface area contributed by atoms with Gasteiger partial charge >= 0.3 is 12.0 Å². The van der Waals surface area contributed by atoms with Gasteiger partial charge in [-0.2, -0.15) is 0 Å². The van der Waals surface area contributed by atoms with Gasteiger partial charge in [0.15, 0.2) is 0 Å². The fourth-order valence-electron chi connectivity index (χ4n) is 2.42. The van der Waals surface area contributed by atoms with Crippen molar-refractivity contribution in [1.29, 1.82) is 0 Å². The van der Waals surface area contributed by atoms with E-state index in [2.05, 4.69) is 6.58 Å². The predicted molar refractivity (Wildman–Crippen MR) is 91.2 cm³/mol. The van der Waals surface area contributed by atoms with E-state index in [-0.39, 0.29) is 12.5 Å². The van der Waals surface area contributed by atoms with Crippen LogP contribution in [0.3, 0.4) is 0 Å². The average Bonchev–Trinajstić information content (AvgIpc) is 2.48. The van der Waals surface area contributed by atoms with Crippen molar-refractivity contribution in [3.8, 4) is 0 Å². The van der Waals surface area contributed by atoms with Crippen molar-refractivity contribution in [3.63, 3.8) is 0 Å². The number of aliphatic hydroxyl groups is 1. The third-order valence-electron chi connectivity index (χ3n) is 3.79. The molecule has 134 valence electrons. The van der Waals surface area contributed by atoms with E-state index in [1.54, 1.807) is 4.90 Å². The van der Waals surface area contributed by atoms with Crippen molar-refractivity contribution in [3.05, 3.63) is 12.7 Å². The minimum Gasteiger partial charge on any atom is -0.481 e. The highest BCUT2D eigenvalue weighted by Crippen LogP contribution is 2.09. The Labute approximate surface area is 139 Å². The largest absolute Gasteiger partial charge is 0.481 e. The second-order valence-electron chi connectivity index (χ2n) is 5.90. The van der Waals surface area contributed by atoms with Gasteiger partial charge in [0, 0.05) is 19.5 Å². The van der Waals surface area contributed by atoms with E-state index >= 15 is 0 Å². The van der Waals surface area contributed by atoms with Crippen molar-refractivity contribution < 1.29 is 19.8 Å². The summed E-state index contributed by atoms with van der Waals surface area (Å²) in [6.07, 6.45) is 8.94. The maximum atomic E-state index is 11.4. The third kappa shape index (κ3) is 13.8. The van der Waals surface area contributed by atoms with Crippen LogP contribution in [-0.2, 0) is 4.79 Å². The molecule has 0 saturated heterocycles. The van der Waals surface area contributed by atoms with Gasteiger partial charge in [0.05, 0.1) is 6.10 Å². The van der Waals surface area contributed by atoms with E-state index in [9.17, 15) is 14.7 Å². The van der Waals surface area contributed by atoms with Crippen LogP contribution in [0.25, 0.3) is 0 Å². The monoisotopic (exact) mass is 328 g/mol. The molecule has 1 unspecified atom stereocenters. The fourth-order valence-corrected chi connectivity index (χ4v) is 2.42. The maximum absolute atomic E-state index is 11.4. The number of carbonyl (C=O) groups is 2. The van der Waals surface area contributed by atoms with E-state index in [0.717, 1.165) is 44.9 Å². The van der Waals surface area contributed by atoms with Crippen molar-refractivity contribution in [2.75, 3.05) is 13.1 Å². The van der Waals surface area contributed by atoms with Crippen LogP contribution in [-0.4, -0.2) is 46.3 Å². The first kappa shape index (κ1) is 21.4. The molecule has 6 nitrogen and oxygen atoms in total. The van der Waals surface area contributed by atoms with E-state index in [4.69, 9.17) is 10.8 Å². The van der Waals surface area contributed by atoms with Gasteiger partial charge in [0.25, 0.3) is 0 Å². The standard InChI is InChI=1S/C17H32N2O4/c1-2-3-6-10-15(20)11-9-14-19(17(18)23)13-8-5-4-7-12-16(21)22/h2,15,20H,1,3-14H2,(H2,18,23)(H,21,22). The molecule has 0 fully saturated rings. The SMILES string of the molecule is C=CCCCC(O)CCCN(CCCCCCC(=O)O)C(N)=O. The van der Waals surface area contributed by atoms with Crippen LogP contribution < -0.4 is 5.73 Å². The quantitative estimate of drug-likeness (QED) is 0.317. The lowest BCUT2D eigenvalue weighted by Crippen LogP contribution is -2.37. The Kier molecular flexibility index (Phi) is 13.1. The predicted octanol–water partition coefficient (Wildman–Crippen LogP) is 2.90. The van der Waals surface area contributed by atoms with Crippen LogP contribution in [0.15, 0.2) is 12.7 Å². The summed E-state index contributed by atoms with van der Waals surface area (Å²) < 4.78 is 0. The van der Waals surface area contributed by atoms with Gasteiger partial charge in [-0.05, 0) is 44.9 Å². The van der Waals surface area contributed by atoms with Crippen molar-refractivity contribution in [2.45, 2.75) is 70.3 Å². The van der Waals surface area contributed by atoms with Crippen molar-refractivity contribution in [1.82, 2.24) is 4.90 Å². The van der Waals surface area contributed by atoms with Crippen molar-refractivity contribution in [2.24, 2.45) is 5.73 Å². The van der Waals surface area contributed by atoms with Crippen LogP contribution in [0.2, 0.25) is 0 Å². The number of aliphatic hydroxyl groups excluding tert-OH is 1. The maximum Gasteiger partial charge on any atom is 0.314 e. The smallest absolute Gasteiger partial charge is 0.314 e. The zero-order valence-corrected chi connectivity index (χ0v) is 14.1. The van der Waals surface area contributed by atoms with Crippen LogP contribution >= 0.6 is 0 Å². The second kappa shape index (κ2) is 14.1. The number of unbranched alkanes of at least 4 members (excludes halogenated alkanes) is 4. The molecule has 4 N–H and O–H groups in total. The molecular weight excluding hydrogens is 296 g/mol. The first-order chi connectivity index (χ1) is 11.0. The van der Waals surface area contributed by atoms with Gasteiger partial charge in [0.1, 0.15) is 0 Å². The van der Waals surface area contributed by atoms with Gasteiger partial charge in [-0.15, -0.1) is 6.58 Å². The number of rotatable bonds is 15. The molecule has 0 radical (unpaired) electrons. The molecule has 0 saturated carbocycles. The normalized spacial score (nSPS) is 11.9. The number of nitrogens with two attached hydrogens (primary N) is 1. The zero-order valence-electron chi connectivity index (χ0n) is 14.1. The summed E-state index contributed by atoms with van der Waals surface area (Å²) in [5.74, 6) is -0.768. The highest BCUT2D eigenvalue weighted by atomic mass is 16.4. The number of amides is 2. The fraction of sp³-hybridized carbons (Fsp3) is 0.765. The summed E-state index contributed by atoms with van der Waals surface area (Å²) in [6.45, 7) is 4.80. The topological polar surface area (TPSA) is 104 Å². The molecule has 2 amide bonds. The second-order valence-corrected chi connectivity index (χ2v) is 5.90. The zero-order chi connectivity index (χ0) is 17.5. The summed E-state index contributed by atoms with van der Waals surface area (Å²) in [5, 5.41) is 18.4. The van der Waals surface area contributed by atoms with Gasteiger partial charge in [-0.1, -0.05) is 18.9 Å². The Hall–Kier alpha value is -1.56. The molecule has 1 atom stereocenters. The number of allylic oxidation sites excluding steroid dienone is 1. The summed E-state index contributed by atoms with van der Waals surface area (Å²) in [4.78, 5) is 23.4. The lowest BCUT2D eigenvalue weighted by molar-refractivity contribution is -0.137. The molecular formula is C17H32N2O4. The molecule has 0 aliphatic rings. The summed E-state index contributed by atoms with van der Waals surface area (Å²) in [7, 11) is 0. The van der Waals surface area contributed by atoms with Gasteiger partial charge in [0.2, 0.25) is 0 Å². The van der Waals surface area contributed by atoms with E-state index < -0.39 is 12.0 Å². The molecule has 0 aliphatic heterocycles. The summed E-state index contributed by atoms with van der Waals surface area (Å²) >= 11 is 0. The molecule has 0 aromatic rings. The van der Waals surface area contributed by atoms with Crippen molar-refractivity contribution >= 4 is 12.0 Å². The van der Waals surface area contributed by atoms with Gasteiger partial charge in [-0.3, -0.25) is 4.79 Å². The lowest BCUT2D eigenvalue weighted by Gasteiger charge is -2.21. The number of aliphatic carboxylic acids is 1. The molecule has 0 spiro atoms. The summed E-state index contributed by atoms with van der Waals surface area (Å²) in [5.41, 5.74) is 5.37. The molecule has 23 heavy (non-hydrogen) atoms. The first-order valence-corrected chi connectivity index (χ1v) is 8.52. The van der Waals surface area contributed by atoms with E-state index in [1.165, 1.54) is 0 Å². The summed E-state index contributed by atoms with van der Waals surface area (Å²) in [6, 6.07) is -0.434. The molecule has 6 heteroatoms. The number of carboxylic acids is 1. The van der Waals surface area contributed by atoms with Crippen LogP contribution in [0.4, 0.5) is 4.79 Å². The Morgan fingerprint density at radius 2 is 1.65 bits per heavy atom. The number of urea groups is 1. The third-order valence-corrected chi connectivity index (χ3v) is 3.79. The molecule has 0 bridgehead atoms. The minimum atomic E-state index is -0.768. The first-order valence-electron chi connectivity index (χ1n) is 8.52. The molecule has 0 aliphatic carbocycles.